The first-order valence-corrected chi connectivity index (χ1v) is 10.6. The minimum Gasteiger partial charge on any atom is -0.314 e. The lowest BCUT2D eigenvalue weighted by Gasteiger charge is -2.49. The summed E-state index contributed by atoms with van der Waals surface area (Å²) in [6.07, 6.45) is 2.39. The van der Waals surface area contributed by atoms with E-state index in [1.807, 2.05) is 0 Å². The van der Waals surface area contributed by atoms with Gasteiger partial charge in [-0.3, -0.25) is 4.90 Å². The number of nitrogens with one attached hydrogen (secondary N) is 1. The van der Waals surface area contributed by atoms with Crippen LogP contribution < -0.4 is 5.32 Å². The van der Waals surface area contributed by atoms with Gasteiger partial charge in [-0.05, 0) is 25.3 Å². The van der Waals surface area contributed by atoms with Gasteiger partial charge in [0.25, 0.3) is 0 Å². The van der Waals surface area contributed by atoms with Gasteiger partial charge in [0, 0.05) is 35.9 Å². The first kappa shape index (κ1) is 16.6. The number of sulfone groups is 1. The zero-order chi connectivity index (χ0) is 14.8. The topological polar surface area (TPSA) is 49.4 Å². The maximum absolute atomic E-state index is 12.3. The molecule has 0 aromatic heterocycles. The maximum atomic E-state index is 12.3. The number of thioether (sulfide) groups is 1. The molecule has 0 aromatic carbocycles. The minimum absolute atomic E-state index is 0.252. The second-order valence-corrected chi connectivity index (χ2v) is 9.78. The van der Waals surface area contributed by atoms with E-state index in [9.17, 15) is 8.42 Å². The first-order valence-electron chi connectivity index (χ1n) is 7.74. The van der Waals surface area contributed by atoms with Crippen molar-refractivity contribution >= 4 is 21.6 Å². The number of hydrogen-bond acceptors (Lipinski definition) is 5. The van der Waals surface area contributed by atoms with Crippen molar-refractivity contribution in [2.24, 2.45) is 5.92 Å². The van der Waals surface area contributed by atoms with Crippen molar-refractivity contribution in [2.45, 2.75) is 51.1 Å². The fraction of sp³-hybridized carbons (Fsp3) is 1.00. The summed E-state index contributed by atoms with van der Waals surface area (Å²) in [7, 11) is -2.96. The van der Waals surface area contributed by atoms with Crippen molar-refractivity contribution in [3.05, 3.63) is 0 Å². The number of nitrogens with zero attached hydrogens (tertiary/aromatic N) is 1. The maximum Gasteiger partial charge on any atom is 0.166 e. The Kier molecular flexibility index (Phi) is 5.79. The van der Waals surface area contributed by atoms with Crippen molar-refractivity contribution < 1.29 is 8.42 Å². The van der Waals surface area contributed by atoms with Crippen LogP contribution >= 0.6 is 11.8 Å². The molecule has 20 heavy (non-hydrogen) atoms. The molecule has 6 heteroatoms. The summed E-state index contributed by atoms with van der Waals surface area (Å²) in [6.45, 7) is 8.04. The quantitative estimate of drug-likeness (QED) is 0.805. The lowest BCUT2D eigenvalue weighted by molar-refractivity contribution is 0.0574. The molecule has 0 spiro atoms. The highest BCUT2D eigenvalue weighted by molar-refractivity contribution is 8.01. The molecule has 2 aliphatic rings. The van der Waals surface area contributed by atoms with Gasteiger partial charge < -0.3 is 5.32 Å². The van der Waals surface area contributed by atoms with Gasteiger partial charge in [-0.2, -0.15) is 11.8 Å². The van der Waals surface area contributed by atoms with Gasteiger partial charge in [-0.25, -0.2) is 8.42 Å². The highest BCUT2D eigenvalue weighted by Gasteiger charge is 2.43. The van der Waals surface area contributed by atoms with Crippen LogP contribution in [0.15, 0.2) is 0 Å². The summed E-state index contributed by atoms with van der Waals surface area (Å²) in [4.78, 5) is 2.30. The molecule has 3 atom stereocenters. The molecule has 0 aromatic rings. The fourth-order valence-electron chi connectivity index (χ4n) is 3.09. The SMILES string of the molecule is CCS(=O)(=O)C1CSCCN1C1CCC1CNC(C)C. The Morgan fingerprint density at radius 3 is 2.65 bits per heavy atom. The van der Waals surface area contributed by atoms with Crippen molar-refractivity contribution in [3.63, 3.8) is 0 Å². The number of hydrogen-bond donors (Lipinski definition) is 1. The normalized spacial score (nSPS) is 32.3. The van der Waals surface area contributed by atoms with Crippen molar-refractivity contribution in [3.8, 4) is 0 Å². The summed E-state index contributed by atoms with van der Waals surface area (Å²) in [6, 6.07) is 0.969. The molecule has 2 fully saturated rings. The first-order chi connectivity index (χ1) is 9.45. The van der Waals surface area contributed by atoms with Crippen LogP contribution in [0.3, 0.4) is 0 Å². The van der Waals surface area contributed by atoms with E-state index in [2.05, 4.69) is 24.1 Å². The predicted octanol–water partition coefficient (Wildman–Crippen LogP) is 1.57. The van der Waals surface area contributed by atoms with Gasteiger partial charge in [0.05, 0.1) is 0 Å². The van der Waals surface area contributed by atoms with Gasteiger partial charge in [-0.1, -0.05) is 20.8 Å². The Balaban J connectivity index is 2.01. The van der Waals surface area contributed by atoms with Crippen LogP contribution in [0.1, 0.15) is 33.6 Å². The Bertz CT molecular complexity index is 411. The van der Waals surface area contributed by atoms with E-state index in [0.717, 1.165) is 31.0 Å². The average molecular weight is 321 g/mol. The molecule has 1 saturated carbocycles. The van der Waals surface area contributed by atoms with Crippen LogP contribution in [0, 0.1) is 5.92 Å². The third-order valence-corrected chi connectivity index (χ3v) is 7.84. The minimum atomic E-state index is -2.96. The third-order valence-electron chi connectivity index (χ3n) is 4.53. The zero-order valence-electron chi connectivity index (χ0n) is 12.8. The fourth-order valence-corrected chi connectivity index (χ4v) is 6.17. The van der Waals surface area contributed by atoms with Gasteiger partial charge in [0.2, 0.25) is 0 Å². The standard InChI is InChI=1S/C14H28N2O2S2/c1-4-20(17,18)14-10-19-8-7-16(14)13-6-5-12(13)9-15-11(2)3/h11-15H,4-10H2,1-3H3. The molecule has 0 bridgehead atoms. The molecule has 0 amide bonds. The van der Waals surface area contributed by atoms with Gasteiger partial charge in [-0.15, -0.1) is 0 Å². The second-order valence-electron chi connectivity index (χ2n) is 6.19. The Morgan fingerprint density at radius 1 is 1.35 bits per heavy atom. The molecule has 0 radical (unpaired) electrons. The van der Waals surface area contributed by atoms with Gasteiger partial charge in [0.1, 0.15) is 5.37 Å². The number of rotatable bonds is 6. The van der Waals surface area contributed by atoms with Crippen LogP contribution in [0.2, 0.25) is 0 Å². The summed E-state index contributed by atoms with van der Waals surface area (Å²) < 4.78 is 24.6. The molecule has 1 aliphatic heterocycles. The largest absolute Gasteiger partial charge is 0.314 e. The highest BCUT2D eigenvalue weighted by atomic mass is 32.2. The van der Waals surface area contributed by atoms with Crippen LogP contribution in [0.4, 0.5) is 0 Å². The summed E-state index contributed by atoms with van der Waals surface area (Å²) in [5.41, 5.74) is 0. The Hall–Kier alpha value is 0.220. The van der Waals surface area contributed by atoms with Gasteiger partial charge in [0.15, 0.2) is 9.84 Å². The average Bonchev–Trinajstić information content (AvgIpc) is 2.38. The Labute approximate surface area is 128 Å². The van der Waals surface area contributed by atoms with E-state index in [4.69, 9.17) is 0 Å². The lowest BCUT2D eigenvalue weighted by atomic mass is 9.78. The molecule has 1 heterocycles. The molecular formula is C14H28N2O2S2. The predicted molar refractivity (Wildman–Crippen MR) is 86.9 cm³/mol. The third kappa shape index (κ3) is 3.70. The van der Waals surface area contributed by atoms with Gasteiger partial charge >= 0.3 is 0 Å². The summed E-state index contributed by atoms with van der Waals surface area (Å²) in [5.74, 6) is 2.69. The van der Waals surface area contributed by atoms with Crippen molar-refractivity contribution in [1.82, 2.24) is 10.2 Å². The van der Waals surface area contributed by atoms with Crippen LogP contribution in [0.25, 0.3) is 0 Å². The summed E-state index contributed by atoms with van der Waals surface area (Å²) in [5, 5.41) is 3.25. The van der Waals surface area contributed by atoms with E-state index < -0.39 is 9.84 Å². The van der Waals surface area contributed by atoms with Crippen LogP contribution in [-0.2, 0) is 9.84 Å². The smallest absolute Gasteiger partial charge is 0.166 e. The van der Waals surface area contributed by atoms with Crippen molar-refractivity contribution in [2.75, 3.05) is 30.3 Å². The molecule has 3 unspecified atom stereocenters. The van der Waals surface area contributed by atoms with Crippen LogP contribution in [-0.4, -0.2) is 61.1 Å². The molecule has 4 nitrogen and oxygen atoms in total. The highest BCUT2D eigenvalue weighted by Crippen LogP contribution is 2.36. The monoisotopic (exact) mass is 320 g/mol. The van der Waals surface area contributed by atoms with Crippen molar-refractivity contribution in [1.29, 1.82) is 0 Å². The lowest BCUT2D eigenvalue weighted by Crippen LogP contribution is -2.59. The van der Waals surface area contributed by atoms with Crippen LogP contribution in [0.5, 0.6) is 0 Å². The van der Waals surface area contributed by atoms with E-state index in [1.165, 1.54) is 6.42 Å². The second kappa shape index (κ2) is 6.99. The molecule has 1 saturated heterocycles. The van der Waals surface area contributed by atoms with E-state index in [-0.39, 0.29) is 11.1 Å². The Morgan fingerprint density at radius 2 is 2.10 bits per heavy atom. The molecule has 2 rings (SSSR count). The van der Waals surface area contributed by atoms with E-state index in [0.29, 0.717) is 18.0 Å². The molecular weight excluding hydrogens is 292 g/mol. The van der Waals surface area contributed by atoms with E-state index >= 15 is 0 Å². The molecule has 1 N–H and O–H groups in total. The zero-order valence-corrected chi connectivity index (χ0v) is 14.5. The molecule has 118 valence electrons. The molecule has 1 aliphatic carbocycles. The summed E-state index contributed by atoms with van der Waals surface area (Å²) >= 11 is 1.78. The van der Waals surface area contributed by atoms with E-state index in [1.54, 1.807) is 18.7 Å².